The zero-order valence-corrected chi connectivity index (χ0v) is 16.9. The summed E-state index contributed by atoms with van der Waals surface area (Å²) in [6.45, 7) is 0.335. The van der Waals surface area contributed by atoms with E-state index in [1.54, 1.807) is 31.3 Å². The minimum atomic E-state index is -0.199. The molecule has 148 valence electrons. The lowest BCUT2D eigenvalue weighted by molar-refractivity contribution is -0.862. The number of likely N-dealkylation sites (N-methyl/N-ethyl adjacent to an activating group) is 1. The Kier molecular flexibility index (Phi) is 7.00. The summed E-state index contributed by atoms with van der Waals surface area (Å²) in [4.78, 5) is 25.2. The van der Waals surface area contributed by atoms with E-state index in [9.17, 15) is 9.59 Å². The van der Waals surface area contributed by atoms with Gasteiger partial charge in [0.25, 0.3) is 11.8 Å². The Morgan fingerprint density at radius 1 is 0.759 bits per heavy atom. The molecule has 6 heteroatoms. The van der Waals surface area contributed by atoms with Crippen molar-refractivity contribution in [2.45, 2.75) is 0 Å². The normalized spacial score (nSPS) is 11.5. The Hall–Kier alpha value is -3.15. The van der Waals surface area contributed by atoms with Crippen molar-refractivity contribution in [2.24, 2.45) is 0 Å². The molecule has 0 aliphatic carbocycles. The molecule has 0 aliphatic heterocycles. The molecule has 1 unspecified atom stereocenters. The van der Waals surface area contributed by atoms with Gasteiger partial charge in [0.2, 0.25) is 0 Å². The summed E-state index contributed by atoms with van der Waals surface area (Å²) in [7, 11) is 1.80. The van der Waals surface area contributed by atoms with Crippen molar-refractivity contribution in [2.75, 3.05) is 30.8 Å². The molecule has 3 aromatic rings. The smallest absolute Gasteiger partial charge is 0.279 e. The lowest BCUT2D eigenvalue weighted by atomic mass is 10.1. The van der Waals surface area contributed by atoms with Crippen LogP contribution in [0.25, 0.3) is 11.1 Å². The second kappa shape index (κ2) is 9.87. The maximum atomic E-state index is 12.3. The minimum absolute atomic E-state index is 0.152. The maximum absolute atomic E-state index is 12.3. The lowest BCUT2D eigenvalue weighted by Crippen LogP contribution is -3.11. The monoisotopic (exact) mass is 408 g/mol. The molecule has 0 bridgehead atoms. The van der Waals surface area contributed by atoms with E-state index < -0.39 is 0 Å². The molecule has 1 atom stereocenters. The number of carbonyl (C=O) groups excluding carboxylic acids is 2. The molecule has 0 fully saturated rings. The number of anilines is 2. The first kappa shape index (κ1) is 20.6. The van der Waals surface area contributed by atoms with Crippen molar-refractivity contribution in [1.82, 2.24) is 0 Å². The molecule has 3 aromatic carbocycles. The van der Waals surface area contributed by atoms with Crippen LogP contribution in [-0.4, -0.2) is 32.0 Å². The van der Waals surface area contributed by atoms with E-state index in [1.807, 2.05) is 54.6 Å². The zero-order chi connectivity index (χ0) is 20.6. The van der Waals surface area contributed by atoms with Crippen LogP contribution in [0.3, 0.4) is 0 Å². The van der Waals surface area contributed by atoms with E-state index in [4.69, 9.17) is 11.6 Å². The van der Waals surface area contributed by atoms with E-state index in [1.165, 1.54) is 0 Å². The van der Waals surface area contributed by atoms with Crippen molar-refractivity contribution in [3.05, 3.63) is 83.9 Å². The summed E-state index contributed by atoms with van der Waals surface area (Å²) < 4.78 is 0. The number of para-hydroxylation sites is 1. The van der Waals surface area contributed by atoms with Crippen LogP contribution < -0.4 is 15.5 Å². The van der Waals surface area contributed by atoms with Gasteiger partial charge in [0.05, 0.1) is 17.8 Å². The molecular formula is C23H23ClN3O2+. The van der Waals surface area contributed by atoms with Crippen LogP contribution in [0.5, 0.6) is 0 Å². The first-order valence-electron chi connectivity index (χ1n) is 9.32. The Morgan fingerprint density at radius 2 is 1.31 bits per heavy atom. The largest absolute Gasteiger partial charge is 0.322 e. The first-order chi connectivity index (χ1) is 14.0. The number of amides is 2. The Balaban J connectivity index is 1.48. The van der Waals surface area contributed by atoms with Gasteiger partial charge < -0.3 is 15.5 Å². The Bertz CT molecular complexity index is 975. The summed E-state index contributed by atoms with van der Waals surface area (Å²) in [5, 5.41) is 6.12. The zero-order valence-electron chi connectivity index (χ0n) is 16.1. The predicted molar refractivity (Wildman–Crippen MR) is 117 cm³/mol. The molecule has 0 aliphatic rings. The predicted octanol–water partition coefficient (Wildman–Crippen LogP) is 3.10. The summed E-state index contributed by atoms with van der Waals surface area (Å²) in [5.41, 5.74) is 3.50. The molecule has 0 aromatic heterocycles. The van der Waals surface area contributed by atoms with E-state index in [-0.39, 0.29) is 24.9 Å². The highest BCUT2D eigenvalue weighted by molar-refractivity contribution is 6.33. The summed E-state index contributed by atoms with van der Waals surface area (Å²) >= 11 is 6.04. The average Bonchev–Trinajstić information content (AvgIpc) is 2.70. The van der Waals surface area contributed by atoms with E-state index in [2.05, 4.69) is 10.6 Å². The SMILES string of the molecule is C[NH+](CC(=O)Nc1ccc(-c2ccccc2)cc1)CC(=O)Nc1ccccc1Cl. The molecule has 29 heavy (non-hydrogen) atoms. The third-order valence-corrected chi connectivity index (χ3v) is 4.68. The van der Waals surface area contributed by atoms with Crippen molar-refractivity contribution >= 4 is 34.8 Å². The highest BCUT2D eigenvalue weighted by Gasteiger charge is 2.15. The van der Waals surface area contributed by atoms with Gasteiger partial charge in [-0.2, -0.15) is 0 Å². The van der Waals surface area contributed by atoms with Gasteiger partial charge in [0.1, 0.15) is 0 Å². The van der Waals surface area contributed by atoms with Gasteiger partial charge in [-0.05, 0) is 35.4 Å². The molecule has 2 amide bonds. The minimum Gasteiger partial charge on any atom is -0.322 e. The number of carbonyl (C=O) groups is 2. The summed E-state index contributed by atoms with van der Waals surface area (Å²) in [6, 6.07) is 24.8. The van der Waals surface area contributed by atoms with Gasteiger partial charge >= 0.3 is 0 Å². The first-order valence-corrected chi connectivity index (χ1v) is 9.70. The molecule has 0 radical (unpaired) electrons. The number of quaternary nitrogens is 1. The molecule has 0 heterocycles. The third-order valence-electron chi connectivity index (χ3n) is 4.35. The maximum Gasteiger partial charge on any atom is 0.279 e. The highest BCUT2D eigenvalue weighted by Crippen LogP contribution is 2.21. The van der Waals surface area contributed by atoms with Crippen molar-refractivity contribution in [3.8, 4) is 11.1 Å². The average molecular weight is 409 g/mol. The van der Waals surface area contributed by atoms with Gasteiger partial charge in [-0.25, -0.2) is 0 Å². The van der Waals surface area contributed by atoms with Crippen molar-refractivity contribution in [3.63, 3.8) is 0 Å². The van der Waals surface area contributed by atoms with E-state index in [0.717, 1.165) is 21.7 Å². The second-order valence-electron chi connectivity index (χ2n) is 6.83. The van der Waals surface area contributed by atoms with Crippen LogP contribution in [0.1, 0.15) is 0 Å². The molecule has 0 saturated heterocycles. The van der Waals surface area contributed by atoms with Gasteiger partial charge in [-0.3, -0.25) is 9.59 Å². The number of benzene rings is 3. The standard InChI is InChI=1S/C23H22ClN3O2/c1-27(16-23(29)26-21-10-6-5-9-20(21)24)15-22(28)25-19-13-11-18(12-14-19)17-7-3-2-4-8-17/h2-14H,15-16H2,1H3,(H,25,28)(H,26,29)/p+1. The number of nitrogens with one attached hydrogen (secondary N) is 3. The van der Waals surface area contributed by atoms with Gasteiger partial charge in [-0.1, -0.05) is 66.2 Å². The van der Waals surface area contributed by atoms with Crippen LogP contribution in [0.15, 0.2) is 78.9 Å². The van der Waals surface area contributed by atoms with Gasteiger partial charge in [0.15, 0.2) is 13.1 Å². The molecule has 0 spiro atoms. The lowest BCUT2D eigenvalue weighted by Gasteiger charge is -2.14. The van der Waals surface area contributed by atoms with Crippen molar-refractivity contribution < 1.29 is 14.5 Å². The van der Waals surface area contributed by atoms with Crippen LogP contribution in [-0.2, 0) is 9.59 Å². The topological polar surface area (TPSA) is 62.6 Å². The molecule has 3 rings (SSSR count). The Morgan fingerprint density at radius 3 is 1.97 bits per heavy atom. The number of halogens is 1. The second-order valence-corrected chi connectivity index (χ2v) is 7.24. The van der Waals surface area contributed by atoms with Gasteiger partial charge in [-0.15, -0.1) is 0 Å². The molecule has 0 saturated carbocycles. The highest BCUT2D eigenvalue weighted by atomic mass is 35.5. The van der Waals surface area contributed by atoms with E-state index in [0.29, 0.717) is 10.7 Å². The van der Waals surface area contributed by atoms with Crippen LogP contribution in [0.2, 0.25) is 5.02 Å². The molecule has 3 N–H and O–H groups in total. The summed E-state index contributed by atoms with van der Waals surface area (Å²) in [5.74, 6) is -0.351. The fourth-order valence-corrected chi connectivity index (χ4v) is 3.13. The van der Waals surface area contributed by atoms with Crippen molar-refractivity contribution in [1.29, 1.82) is 0 Å². The Labute approximate surface area is 175 Å². The van der Waals surface area contributed by atoms with Crippen LogP contribution in [0.4, 0.5) is 11.4 Å². The fraction of sp³-hybridized carbons (Fsp3) is 0.130. The molecule has 5 nitrogen and oxygen atoms in total. The molecular weight excluding hydrogens is 386 g/mol. The van der Waals surface area contributed by atoms with Crippen LogP contribution >= 0.6 is 11.6 Å². The number of hydrogen-bond acceptors (Lipinski definition) is 2. The third kappa shape index (κ3) is 6.17. The number of hydrogen-bond donors (Lipinski definition) is 3. The number of rotatable bonds is 7. The summed E-state index contributed by atoms with van der Waals surface area (Å²) in [6.07, 6.45) is 0. The fourth-order valence-electron chi connectivity index (χ4n) is 2.95. The quantitative estimate of drug-likeness (QED) is 0.562. The van der Waals surface area contributed by atoms with Gasteiger partial charge in [0, 0.05) is 5.69 Å². The van der Waals surface area contributed by atoms with Crippen LogP contribution in [0, 0.1) is 0 Å². The van der Waals surface area contributed by atoms with E-state index >= 15 is 0 Å².